The molecule has 0 amide bonds. The van der Waals surface area contributed by atoms with E-state index in [0.29, 0.717) is 0 Å². The average Bonchev–Trinajstić information content (AvgIpc) is 2.51. The van der Waals surface area contributed by atoms with Crippen LogP contribution in [0, 0.1) is 0 Å². The number of ether oxygens (including phenoxy) is 1. The van der Waals surface area contributed by atoms with Crippen LogP contribution >= 0.6 is 0 Å². The first-order valence-electron chi connectivity index (χ1n) is 7.19. The minimum Gasteiger partial charge on any atom is -0.469 e. The summed E-state index contributed by atoms with van der Waals surface area (Å²) in [5.74, 6) is -0.322. The van der Waals surface area contributed by atoms with E-state index in [9.17, 15) is 4.79 Å². The molecule has 0 saturated carbocycles. The number of esters is 1. The van der Waals surface area contributed by atoms with E-state index in [0.717, 1.165) is 18.5 Å². The predicted molar refractivity (Wildman–Crippen MR) is 78.2 cm³/mol. The zero-order chi connectivity index (χ0) is 14.1. The van der Waals surface area contributed by atoms with Gasteiger partial charge in [-0.2, -0.15) is 0 Å². The summed E-state index contributed by atoms with van der Waals surface area (Å²) in [4.78, 5) is 11.9. The number of piperidine rings is 1. The number of hydrogen-bond acceptors (Lipinski definition) is 3. The second-order valence-corrected chi connectivity index (χ2v) is 4.47. The van der Waals surface area contributed by atoms with Gasteiger partial charge >= 0.3 is 5.97 Å². The van der Waals surface area contributed by atoms with Crippen molar-refractivity contribution in [3.63, 3.8) is 0 Å². The molecule has 2 atom stereocenters. The van der Waals surface area contributed by atoms with E-state index >= 15 is 0 Å². The molecule has 0 unspecified atom stereocenters. The topological polar surface area (TPSA) is 38.3 Å². The zero-order valence-electron chi connectivity index (χ0n) is 12.2. The fourth-order valence-electron chi connectivity index (χ4n) is 2.48. The number of methoxy groups -OCH3 is 1. The maximum atomic E-state index is 11.9. The number of rotatable bonds is 3. The Morgan fingerprint density at radius 1 is 1.26 bits per heavy atom. The second-order valence-electron chi connectivity index (χ2n) is 4.47. The summed E-state index contributed by atoms with van der Waals surface area (Å²) in [6.45, 7) is 4.99. The number of carbonyl (C=O) groups is 1. The summed E-state index contributed by atoms with van der Waals surface area (Å²) in [6.07, 6.45) is 3.41. The summed E-state index contributed by atoms with van der Waals surface area (Å²) in [6, 6.07) is 10.1. The first-order chi connectivity index (χ1) is 9.33. The third kappa shape index (κ3) is 4.35. The highest BCUT2D eigenvalue weighted by Gasteiger charge is 2.31. The van der Waals surface area contributed by atoms with Gasteiger partial charge in [0.2, 0.25) is 0 Å². The van der Waals surface area contributed by atoms with Gasteiger partial charge in [0.05, 0.1) is 13.0 Å². The van der Waals surface area contributed by atoms with Crippen molar-refractivity contribution in [1.82, 2.24) is 5.32 Å². The number of carbonyl (C=O) groups excluding carboxylic acids is 1. The molecule has 2 rings (SSSR count). The van der Waals surface area contributed by atoms with Gasteiger partial charge in [-0.15, -0.1) is 0 Å². The van der Waals surface area contributed by atoms with Gasteiger partial charge in [-0.05, 0) is 24.9 Å². The molecule has 0 spiro atoms. The Bertz CT molecular complexity index is 358. The molecular formula is C16H25NO2. The number of hydrogen-bond donors (Lipinski definition) is 1. The molecule has 0 aromatic heterocycles. The molecule has 19 heavy (non-hydrogen) atoms. The van der Waals surface area contributed by atoms with Gasteiger partial charge in [0.1, 0.15) is 0 Å². The molecule has 1 aliphatic heterocycles. The van der Waals surface area contributed by atoms with Crippen LogP contribution in [-0.2, 0) is 9.53 Å². The fourth-order valence-corrected chi connectivity index (χ4v) is 2.48. The Hall–Kier alpha value is -1.35. The third-order valence-corrected chi connectivity index (χ3v) is 3.36. The van der Waals surface area contributed by atoms with Crippen LogP contribution in [0.1, 0.15) is 44.6 Å². The molecule has 1 saturated heterocycles. The van der Waals surface area contributed by atoms with Gasteiger partial charge < -0.3 is 10.1 Å². The average molecular weight is 263 g/mol. The van der Waals surface area contributed by atoms with Gasteiger partial charge in [0.25, 0.3) is 0 Å². The Morgan fingerprint density at radius 3 is 2.47 bits per heavy atom. The van der Waals surface area contributed by atoms with Crippen LogP contribution in [0.4, 0.5) is 0 Å². The molecule has 1 heterocycles. The Morgan fingerprint density at radius 2 is 1.95 bits per heavy atom. The van der Waals surface area contributed by atoms with E-state index in [-0.39, 0.29) is 17.9 Å². The van der Waals surface area contributed by atoms with Crippen LogP contribution in [0.15, 0.2) is 30.3 Å². The lowest BCUT2D eigenvalue weighted by atomic mass is 9.86. The second kappa shape index (κ2) is 8.70. The summed E-state index contributed by atoms with van der Waals surface area (Å²) in [7, 11) is 1.46. The van der Waals surface area contributed by atoms with Crippen molar-refractivity contribution in [2.24, 2.45) is 0 Å². The first kappa shape index (κ1) is 15.7. The maximum Gasteiger partial charge on any atom is 0.314 e. The lowest BCUT2D eigenvalue weighted by Crippen LogP contribution is -2.42. The summed E-state index contributed by atoms with van der Waals surface area (Å²) in [5, 5.41) is 3.43. The highest BCUT2D eigenvalue weighted by molar-refractivity contribution is 5.79. The number of benzene rings is 1. The predicted octanol–water partition coefficient (Wildman–Crippen LogP) is 3.11. The molecular weight excluding hydrogens is 238 g/mol. The van der Waals surface area contributed by atoms with Crippen molar-refractivity contribution in [2.75, 3.05) is 13.7 Å². The van der Waals surface area contributed by atoms with Gasteiger partial charge in [0, 0.05) is 6.04 Å². The molecule has 1 fully saturated rings. The summed E-state index contributed by atoms with van der Waals surface area (Å²) >= 11 is 0. The van der Waals surface area contributed by atoms with Crippen LogP contribution in [0.5, 0.6) is 0 Å². The molecule has 0 aliphatic carbocycles. The molecule has 0 radical (unpaired) electrons. The molecule has 106 valence electrons. The zero-order valence-corrected chi connectivity index (χ0v) is 12.2. The van der Waals surface area contributed by atoms with Crippen LogP contribution < -0.4 is 5.32 Å². The molecule has 0 bridgehead atoms. The maximum absolute atomic E-state index is 11.9. The van der Waals surface area contributed by atoms with Crippen LogP contribution in [0.3, 0.4) is 0 Å². The van der Waals surface area contributed by atoms with E-state index in [1.807, 2.05) is 44.2 Å². The first-order valence-corrected chi connectivity index (χ1v) is 7.19. The Balaban J connectivity index is 0.000000861. The van der Waals surface area contributed by atoms with Crippen molar-refractivity contribution in [2.45, 2.75) is 45.1 Å². The van der Waals surface area contributed by atoms with Gasteiger partial charge in [-0.25, -0.2) is 0 Å². The Kier molecular flexibility index (Phi) is 7.19. The molecule has 1 N–H and O–H groups in total. The molecule has 3 nitrogen and oxygen atoms in total. The molecule has 1 aromatic rings. The monoisotopic (exact) mass is 263 g/mol. The molecule has 1 aliphatic rings. The van der Waals surface area contributed by atoms with E-state index < -0.39 is 0 Å². The Labute approximate surface area is 116 Å². The van der Waals surface area contributed by atoms with Gasteiger partial charge in [-0.3, -0.25) is 4.79 Å². The molecule has 3 heteroatoms. The van der Waals surface area contributed by atoms with E-state index in [1.54, 1.807) is 0 Å². The third-order valence-electron chi connectivity index (χ3n) is 3.36. The number of nitrogens with one attached hydrogen (secondary N) is 1. The van der Waals surface area contributed by atoms with E-state index in [4.69, 9.17) is 4.74 Å². The van der Waals surface area contributed by atoms with Crippen molar-refractivity contribution in [1.29, 1.82) is 0 Å². The lowest BCUT2D eigenvalue weighted by Gasteiger charge is -2.29. The van der Waals surface area contributed by atoms with Crippen molar-refractivity contribution in [3.05, 3.63) is 35.9 Å². The van der Waals surface area contributed by atoms with Crippen LogP contribution in [0.2, 0.25) is 0 Å². The van der Waals surface area contributed by atoms with Gasteiger partial charge in [-0.1, -0.05) is 50.6 Å². The minimum atomic E-state index is -0.179. The summed E-state index contributed by atoms with van der Waals surface area (Å²) < 4.78 is 4.94. The quantitative estimate of drug-likeness (QED) is 0.852. The molecule has 1 aromatic carbocycles. The van der Waals surface area contributed by atoms with E-state index in [2.05, 4.69) is 5.32 Å². The van der Waals surface area contributed by atoms with Gasteiger partial charge in [0.15, 0.2) is 0 Å². The minimum absolute atomic E-state index is 0.143. The normalized spacial score (nSPS) is 19.8. The van der Waals surface area contributed by atoms with Crippen molar-refractivity contribution < 1.29 is 9.53 Å². The lowest BCUT2D eigenvalue weighted by molar-refractivity contribution is -0.143. The van der Waals surface area contributed by atoms with Crippen LogP contribution in [-0.4, -0.2) is 25.7 Å². The fraction of sp³-hybridized carbons (Fsp3) is 0.562. The summed E-state index contributed by atoms with van der Waals surface area (Å²) in [5.41, 5.74) is 1.04. The highest BCUT2D eigenvalue weighted by Crippen LogP contribution is 2.26. The highest BCUT2D eigenvalue weighted by atomic mass is 16.5. The largest absolute Gasteiger partial charge is 0.469 e. The smallest absolute Gasteiger partial charge is 0.314 e. The SMILES string of the molecule is CC.COC(=O)[C@@H](c1ccccc1)[C@@H]1CCCCN1. The van der Waals surface area contributed by atoms with Crippen LogP contribution in [0.25, 0.3) is 0 Å². The van der Waals surface area contributed by atoms with E-state index in [1.165, 1.54) is 20.0 Å². The van der Waals surface area contributed by atoms with Crippen molar-refractivity contribution in [3.8, 4) is 0 Å². The van der Waals surface area contributed by atoms with Crippen molar-refractivity contribution >= 4 is 5.97 Å². The standard InChI is InChI=1S/C14H19NO2.C2H6/c1-17-14(16)13(11-7-3-2-4-8-11)12-9-5-6-10-15-12;1-2/h2-4,7-8,12-13,15H,5-6,9-10H2,1H3;1-2H3/t12-,13-;/m0./s1.